The van der Waals surface area contributed by atoms with Gasteiger partial charge in [-0.25, -0.2) is 17.6 Å². The zero-order valence-electron chi connectivity index (χ0n) is 17.6. The van der Waals surface area contributed by atoms with Gasteiger partial charge in [-0.15, -0.1) is 0 Å². The van der Waals surface area contributed by atoms with Gasteiger partial charge in [0.05, 0.1) is 26.7 Å². The normalized spacial score (nSPS) is 13.4. The lowest BCUT2D eigenvalue weighted by Gasteiger charge is -2.16. The van der Waals surface area contributed by atoms with Crippen LogP contribution in [0.25, 0.3) is 0 Å². The van der Waals surface area contributed by atoms with Crippen LogP contribution in [0.3, 0.4) is 0 Å². The number of nitrogens with one attached hydrogen (secondary N) is 1. The summed E-state index contributed by atoms with van der Waals surface area (Å²) in [6, 6.07) is 16.4. The molecule has 1 heterocycles. The molecule has 3 amide bonds. The van der Waals surface area contributed by atoms with Crippen molar-refractivity contribution in [3.8, 4) is 0 Å². The minimum atomic E-state index is -3.60. The molecule has 1 N–H and O–H groups in total. The first kappa shape index (κ1) is 22.7. The second-order valence-corrected chi connectivity index (χ2v) is 9.98. The molecular formula is C23H18ClN3O5S. The van der Waals surface area contributed by atoms with Crippen molar-refractivity contribution in [2.75, 3.05) is 24.3 Å². The molecule has 3 aromatic rings. The third-order valence-electron chi connectivity index (χ3n) is 5.14. The van der Waals surface area contributed by atoms with E-state index in [0.29, 0.717) is 16.8 Å². The molecule has 1 aliphatic heterocycles. The number of carbonyl (C=O) groups excluding carboxylic acids is 3. The first-order chi connectivity index (χ1) is 15.6. The summed E-state index contributed by atoms with van der Waals surface area (Å²) in [6.45, 7) is 0. The Morgan fingerprint density at radius 1 is 0.909 bits per heavy atom. The summed E-state index contributed by atoms with van der Waals surface area (Å²) in [7, 11) is -0.757. The molecule has 10 heteroatoms. The van der Waals surface area contributed by atoms with Crippen molar-refractivity contribution in [2.45, 2.75) is 4.90 Å². The van der Waals surface area contributed by atoms with Crippen LogP contribution in [-0.4, -0.2) is 44.5 Å². The first-order valence-electron chi connectivity index (χ1n) is 9.72. The minimum Gasteiger partial charge on any atom is -0.322 e. The zero-order valence-corrected chi connectivity index (χ0v) is 19.1. The Bertz CT molecular complexity index is 1370. The molecule has 3 aromatic carbocycles. The molecule has 0 aromatic heterocycles. The lowest BCUT2D eigenvalue weighted by molar-refractivity contribution is 0.0924. The quantitative estimate of drug-likeness (QED) is 0.558. The summed E-state index contributed by atoms with van der Waals surface area (Å²) in [5.74, 6) is -1.42. The van der Waals surface area contributed by atoms with Crippen molar-refractivity contribution < 1.29 is 22.8 Å². The van der Waals surface area contributed by atoms with Gasteiger partial charge in [0.1, 0.15) is 0 Å². The number of nitrogens with zero attached hydrogens (tertiary/aromatic N) is 2. The van der Waals surface area contributed by atoms with E-state index < -0.39 is 27.7 Å². The molecule has 33 heavy (non-hydrogen) atoms. The Morgan fingerprint density at radius 2 is 1.48 bits per heavy atom. The molecule has 0 fully saturated rings. The molecule has 0 saturated heterocycles. The van der Waals surface area contributed by atoms with Gasteiger partial charge in [-0.05, 0) is 54.6 Å². The van der Waals surface area contributed by atoms with Gasteiger partial charge in [0.2, 0.25) is 10.0 Å². The van der Waals surface area contributed by atoms with E-state index in [0.717, 1.165) is 9.21 Å². The van der Waals surface area contributed by atoms with Crippen LogP contribution >= 0.6 is 11.6 Å². The fraction of sp³-hybridized carbons (Fsp3) is 0.0870. The maximum atomic E-state index is 12.7. The molecule has 0 radical (unpaired) electrons. The molecule has 0 atom stereocenters. The average molecular weight is 484 g/mol. The predicted molar refractivity (Wildman–Crippen MR) is 124 cm³/mol. The molecule has 0 saturated carbocycles. The molecule has 168 valence electrons. The van der Waals surface area contributed by atoms with Crippen molar-refractivity contribution >= 4 is 50.7 Å². The summed E-state index contributed by atoms with van der Waals surface area (Å²) >= 11 is 6.34. The lowest BCUT2D eigenvalue weighted by atomic mass is 10.1. The second-order valence-electron chi connectivity index (χ2n) is 7.42. The predicted octanol–water partition coefficient (Wildman–Crippen LogP) is 3.64. The van der Waals surface area contributed by atoms with E-state index in [9.17, 15) is 22.8 Å². The van der Waals surface area contributed by atoms with Gasteiger partial charge in [0.15, 0.2) is 0 Å². The summed E-state index contributed by atoms with van der Waals surface area (Å²) in [5.41, 5.74) is 1.40. The topological polar surface area (TPSA) is 104 Å². The number of sulfonamides is 1. The molecule has 1 aliphatic rings. The van der Waals surface area contributed by atoms with E-state index in [1.807, 2.05) is 0 Å². The van der Waals surface area contributed by atoms with Gasteiger partial charge >= 0.3 is 0 Å². The third-order valence-corrected chi connectivity index (χ3v) is 7.27. The van der Waals surface area contributed by atoms with Crippen LogP contribution in [0.15, 0.2) is 71.6 Å². The number of rotatable bonds is 5. The number of halogens is 1. The number of hydrogen-bond donors (Lipinski definition) is 1. The summed E-state index contributed by atoms with van der Waals surface area (Å²) in [4.78, 5) is 39.0. The number of imide groups is 1. The lowest BCUT2D eigenvalue weighted by Crippen LogP contribution is -2.29. The maximum absolute atomic E-state index is 12.7. The molecule has 0 spiro atoms. The number of benzene rings is 3. The van der Waals surface area contributed by atoms with E-state index in [1.165, 1.54) is 56.6 Å². The van der Waals surface area contributed by atoms with Crippen LogP contribution in [0.4, 0.5) is 11.4 Å². The van der Waals surface area contributed by atoms with Crippen LogP contribution in [-0.2, 0) is 10.0 Å². The SMILES string of the molecule is CN(C)S(=O)(=O)c1ccc(C(=O)Nc2ccc(N3C(=O)c4ccccc4C3=O)c(Cl)c2)cc1. The van der Waals surface area contributed by atoms with Gasteiger partial charge in [0, 0.05) is 25.3 Å². The Kier molecular flexibility index (Phi) is 5.79. The minimum absolute atomic E-state index is 0.0670. The maximum Gasteiger partial charge on any atom is 0.266 e. The number of anilines is 2. The van der Waals surface area contributed by atoms with Gasteiger partial charge in [0.25, 0.3) is 17.7 Å². The first-order valence-corrected chi connectivity index (χ1v) is 11.5. The number of amides is 3. The summed E-state index contributed by atoms with van der Waals surface area (Å²) < 4.78 is 25.4. The van der Waals surface area contributed by atoms with E-state index >= 15 is 0 Å². The van der Waals surface area contributed by atoms with Crippen LogP contribution in [0.2, 0.25) is 5.02 Å². The average Bonchev–Trinajstić information content (AvgIpc) is 3.04. The monoisotopic (exact) mass is 483 g/mol. The van der Waals surface area contributed by atoms with Crippen LogP contribution < -0.4 is 10.2 Å². The Morgan fingerprint density at radius 3 is 2.00 bits per heavy atom. The van der Waals surface area contributed by atoms with Gasteiger partial charge < -0.3 is 5.32 Å². The van der Waals surface area contributed by atoms with Gasteiger partial charge in [-0.3, -0.25) is 14.4 Å². The fourth-order valence-corrected chi connectivity index (χ4v) is 4.53. The van der Waals surface area contributed by atoms with E-state index in [-0.39, 0.29) is 21.2 Å². The van der Waals surface area contributed by atoms with E-state index in [1.54, 1.807) is 24.3 Å². The highest BCUT2D eigenvalue weighted by atomic mass is 35.5. The van der Waals surface area contributed by atoms with Crippen LogP contribution in [0.1, 0.15) is 31.1 Å². The van der Waals surface area contributed by atoms with Crippen molar-refractivity contribution in [1.82, 2.24) is 4.31 Å². The Labute approximate surface area is 195 Å². The van der Waals surface area contributed by atoms with Crippen molar-refractivity contribution in [3.05, 3.63) is 88.4 Å². The van der Waals surface area contributed by atoms with Gasteiger partial charge in [-0.1, -0.05) is 23.7 Å². The fourth-order valence-electron chi connectivity index (χ4n) is 3.37. The largest absolute Gasteiger partial charge is 0.322 e. The molecule has 0 unspecified atom stereocenters. The van der Waals surface area contributed by atoms with Crippen molar-refractivity contribution in [2.24, 2.45) is 0 Å². The molecule has 8 nitrogen and oxygen atoms in total. The van der Waals surface area contributed by atoms with Crippen molar-refractivity contribution in [1.29, 1.82) is 0 Å². The number of hydrogen-bond acceptors (Lipinski definition) is 5. The second kappa shape index (κ2) is 8.43. The number of fused-ring (bicyclic) bond motifs is 1. The molecular weight excluding hydrogens is 466 g/mol. The standard InChI is InChI=1S/C23H18ClN3O5S/c1-26(2)33(31,32)16-10-7-14(8-11-16)21(28)25-15-9-12-20(19(24)13-15)27-22(29)17-5-3-4-6-18(17)23(27)30/h3-13H,1-2H3,(H,25,28). The zero-order chi connectivity index (χ0) is 23.9. The summed E-state index contributed by atoms with van der Waals surface area (Å²) in [5, 5.41) is 2.77. The molecule has 0 aliphatic carbocycles. The van der Waals surface area contributed by atoms with Gasteiger partial charge in [-0.2, -0.15) is 0 Å². The Balaban J connectivity index is 1.53. The van der Waals surface area contributed by atoms with Crippen LogP contribution in [0, 0.1) is 0 Å². The van der Waals surface area contributed by atoms with Crippen LogP contribution in [0.5, 0.6) is 0 Å². The van der Waals surface area contributed by atoms with E-state index in [4.69, 9.17) is 11.6 Å². The Hall–Kier alpha value is -3.53. The van der Waals surface area contributed by atoms with E-state index in [2.05, 4.69) is 5.32 Å². The smallest absolute Gasteiger partial charge is 0.266 e. The molecule has 0 bridgehead atoms. The summed E-state index contributed by atoms with van der Waals surface area (Å²) in [6.07, 6.45) is 0. The van der Waals surface area contributed by atoms with Crippen molar-refractivity contribution in [3.63, 3.8) is 0 Å². The highest BCUT2D eigenvalue weighted by Gasteiger charge is 2.37. The highest BCUT2D eigenvalue weighted by molar-refractivity contribution is 7.89. The third kappa shape index (κ3) is 4.02. The number of carbonyl (C=O) groups is 3. The highest BCUT2D eigenvalue weighted by Crippen LogP contribution is 2.35. The molecule has 4 rings (SSSR count).